The first-order chi connectivity index (χ1) is 11.5. The van der Waals surface area contributed by atoms with Crippen molar-refractivity contribution in [1.82, 2.24) is 10.6 Å². The third-order valence-electron chi connectivity index (χ3n) is 3.79. The smallest absolute Gasteiger partial charge is 0.191 e. The van der Waals surface area contributed by atoms with Crippen LogP contribution >= 0.6 is 0 Å². The number of benzene rings is 1. The van der Waals surface area contributed by atoms with E-state index in [9.17, 15) is 4.39 Å². The molecule has 0 aromatic heterocycles. The molecule has 1 rings (SSSR count). The second-order valence-electron chi connectivity index (χ2n) is 6.39. The van der Waals surface area contributed by atoms with Crippen molar-refractivity contribution in [2.75, 3.05) is 32.8 Å². The van der Waals surface area contributed by atoms with Crippen molar-refractivity contribution in [3.05, 3.63) is 35.6 Å². The first-order valence-corrected chi connectivity index (χ1v) is 8.86. The van der Waals surface area contributed by atoms with Crippen molar-refractivity contribution in [3.8, 4) is 0 Å². The van der Waals surface area contributed by atoms with Crippen molar-refractivity contribution < 1.29 is 9.13 Å². The maximum absolute atomic E-state index is 14.0. The minimum atomic E-state index is -0.358. The van der Waals surface area contributed by atoms with E-state index in [2.05, 4.69) is 15.6 Å². The van der Waals surface area contributed by atoms with Crippen molar-refractivity contribution in [2.45, 2.75) is 46.0 Å². The Kier molecular flexibility index (Phi) is 9.38. The highest BCUT2D eigenvalue weighted by molar-refractivity contribution is 5.79. The monoisotopic (exact) mass is 337 g/mol. The minimum absolute atomic E-state index is 0.174. The molecule has 0 aliphatic carbocycles. The molecule has 0 spiro atoms. The summed E-state index contributed by atoms with van der Waals surface area (Å²) < 4.78 is 19.3. The number of rotatable bonds is 10. The molecule has 0 saturated carbocycles. The van der Waals surface area contributed by atoms with E-state index in [0.717, 1.165) is 45.1 Å². The lowest BCUT2D eigenvalue weighted by Gasteiger charge is -2.24. The lowest BCUT2D eigenvalue weighted by molar-refractivity contribution is 0.143. The predicted molar refractivity (Wildman–Crippen MR) is 99.1 cm³/mol. The van der Waals surface area contributed by atoms with Gasteiger partial charge in [-0.05, 0) is 38.3 Å². The molecule has 0 radical (unpaired) electrons. The van der Waals surface area contributed by atoms with Gasteiger partial charge in [-0.3, -0.25) is 4.99 Å². The van der Waals surface area contributed by atoms with Crippen LogP contribution in [0.4, 0.5) is 4.39 Å². The van der Waals surface area contributed by atoms with Crippen LogP contribution in [0.3, 0.4) is 0 Å². The highest BCUT2D eigenvalue weighted by Crippen LogP contribution is 2.25. The standard InChI is InChI=1S/C19H32FN3O/c1-5-21-18(22-13-9-10-14-24-6-2)23-15-19(3,4)16-11-7-8-12-17(16)20/h7-8,11-12H,5-6,9-10,13-15H2,1-4H3,(H2,21,22,23). The van der Waals surface area contributed by atoms with Crippen LogP contribution in [-0.2, 0) is 10.2 Å². The first kappa shape index (κ1) is 20.4. The van der Waals surface area contributed by atoms with E-state index in [4.69, 9.17) is 4.74 Å². The van der Waals surface area contributed by atoms with Crippen LogP contribution in [0, 0.1) is 5.82 Å². The molecule has 136 valence electrons. The Morgan fingerprint density at radius 1 is 1.17 bits per heavy atom. The highest BCUT2D eigenvalue weighted by atomic mass is 19.1. The molecule has 0 unspecified atom stereocenters. The number of ether oxygens (including phenoxy) is 1. The van der Waals surface area contributed by atoms with Crippen LogP contribution in [0.2, 0.25) is 0 Å². The van der Waals surface area contributed by atoms with Gasteiger partial charge >= 0.3 is 0 Å². The van der Waals surface area contributed by atoms with Crippen molar-refractivity contribution in [1.29, 1.82) is 0 Å². The molecule has 0 saturated heterocycles. The maximum atomic E-state index is 14.0. The second-order valence-corrected chi connectivity index (χ2v) is 6.39. The summed E-state index contributed by atoms with van der Waals surface area (Å²) >= 11 is 0. The summed E-state index contributed by atoms with van der Waals surface area (Å²) in [7, 11) is 0. The molecule has 0 aliphatic heterocycles. The molecule has 0 amide bonds. The van der Waals surface area contributed by atoms with E-state index in [0.29, 0.717) is 12.1 Å². The Bertz CT molecular complexity index is 503. The van der Waals surface area contributed by atoms with Gasteiger partial charge < -0.3 is 15.4 Å². The third-order valence-corrected chi connectivity index (χ3v) is 3.79. The Morgan fingerprint density at radius 3 is 2.58 bits per heavy atom. The number of nitrogens with one attached hydrogen (secondary N) is 2. The molecule has 4 nitrogen and oxygen atoms in total. The normalized spacial score (nSPS) is 12.3. The Hall–Kier alpha value is -1.62. The fourth-order valence-corrected chi connectivity index (χ4v) is 2.39. The zero-order valence-electron chi connectivity index (χ0n) is 15.5. The molecule has 5 heteroatoms. The van der Waals surface area contributed by atoms with E-state index in [1.807, 2.05) is 39.8 Å². The molecule has 0 aliphatic rings. The van der Waals surface area contributed by atoms with E-state index in [1.54, 1.807) is 6.07 Å². The highest BCUT2D eigenvalue weighted by Gasteiger charge is 2.23. The number of aliphatic imine (C=N–C) groups is 1. The summed E-state index contributed by atoms with van der Waals surface area (Å²) in [5.74, 6) is 0.602. The average molecular weight is 337 g/mol. The Balaban J connectivity index is 2.56. The van der Waals surface area contributed by atoms with Crippen LogP contribution in [0.15, 0.2) is 29.3 Å². The van der Waals surface area contributed by atoms with Crippen LogP contribution in [0.25, 0.3) is 0 Å². The fourth-order valence-electron chi connectivity index (χ4n) is 2.39. The molecule has 0 fully saturated rings. The van der Waals surface area contributed by atoms with Gasteiger partial charge in [-0.1, -0.05) is 32.0 Å². The average Bonchev–Trinajstić information content (AvgIpc) is 2.56. The number of halogens is 1. The van der Waals surface area contributed by atoms with Gasteiger partial charge in [-0.25, -0.2) is 4.39 Å². The number of nitrogens with zero attached hydrogens (tertiary/aromatic N) is 1. The van der Waals surface area contributed by atoms with Gasteiger partial charge in [0, 0.05) is 31.7 Å². The van der Waals surface area contributed by atoms with Crippen LogP contribution in [0.1, 0.15) is 46.1 Å². The van der Waals surface area contributed by atoms with Crippen LogP contribution < -0.4 is 10.6 Å². The fraction of sp³-hybridized carbons (Fsp3) is 0.632. The molecule has 1 aromatic rings. The summed E-state index contributed by atoms with van der Waals surface area (Å²) in [6, 6.07) is 6.92. The molecule has 2 N–H and O–H groups in total. The van der Waals surface area contributed by atoms with Gasteiger partial charge in [0.1, 0.15) is 5.82 Å². The quantitative estimate of drug-likeness (QED) is 0.390. The van der Waals surface area contributed by atoms with Gasteiger partial charge in [0.25, 0.3) is 0 Å². The molecule has 0 heterocycles. The van der Waals surface area contributed by atoms with Gasteiger partial charge in [-0.15, -0.1) is 0 Å². The summed E-state index contributed by atoms with van der Waals surface area (Å²) in [6.07, 6.45) is 2.06. The van der Waals surface area contributed by atoms with E-state index >= 15 is 0 Å². The van der Waals surface area contributed by atoms with Crippen molar-refractivity contribution in [2.24, 2.45) is 4.99 Å². The summed E-state index contributed by atoms with van der Waals surface area (Å²) in [4.78, 5) is 4.63. The lowest BCUT2D eigenvalue weighted by Crippen LogP contribution is -2.39. The van der Waals surface area contributed by atoms with Crippen molar-refractivity contribution in [3.63, 3.8) is 0 Å². The van der Waals surface area contributed by atoms with Crippen LogP contribution in [-0.4, -0.2) is 38.8 Å². The van der Waals surface area contributed by atoms with E-state index < -0.39 is 0 Å². The maximum Gasteiger partial charge on any atom is 0.191 e. The van der Waals surface area contributed by atoms with Gasteiger partial charge in [-0.2, -0.15) is 0 Å². The van der Waals surface area contributed by atoms with Crippen molar-refractivity contribution >= 4 is 5.96 Å². The Labute approximate surface area is 145 Å². The number of guanidine groups is 1. The number of hydrogen-bond donors (Lipinski definition) is 2. The lowest BCUT2D eigenvalue weighted by atomic mass is 9.84. The molecule has 0 atom stereocenters. The van der Waals surface area contributed by atoms with Gasteiger partial charge in [0.2, 0.25) is 0 Å². The Morgan fingerprint density at radius 2 is 1.92 bits per heavy atom. The van der Waals surface area contributed by atoms with Crippen LogP contribution in [0.5, 0.6) is 0 Å². The summed E-state index contributed by atoms with van der Waals surface area (Å²) in [5.41, 5.74) is 0.337. The van der Waals surface area contributed by atoms with E-state index in [1.165, 1.54) is 6.07 Å². The van der Waals surface area contributed by atoms with Gasteiger partial charge in [0.05, 0.1) is 6.54 Å². The summed E-state index contributed by atoms with van der Waals surface area (Å²) in [5, 5.41) is 6.56. The summed E-state index contributed by atoms with van der Waals surface area (Å²) in [6.45, 7) is 11.8. The largest absolute Gasteiger partial charge is 0.382 e. The SMILES string of the molecule is CCNC(=NCC(C)(C)c1ccccc1F)NCCCCOCC. The third kappa shape index (κ3) is 7.30. The molecule has 0 bridgehead atoms. The number of unbranched alkanes of at least 4 members (excludes halogenated alkanes) is 1. The second kappa shape index (κ2) is 11.0. The molecular formula is C19H32FN3O. The molecular weight excluding hydrogens is 305 g/mol. The predicted octanol–water partition coefficient (Wildman–Crippen LogP) is 3.48. The topological polar surface area (TPSA) is 45.7 Å². The zero-order chi connectivity index (χ0) is 17.8. The first-order valence-electron chi connectivity index (χ1n) is 8.86. The minimum Gasteiger partial charge on any atom is -0.382 e. The molecule has 24 heavy (non-hydrogen) atoms. The van der Waals surface area contributed by atoms with Gasteiger partial charge in [0.15, 0.2) is 5.96 Å². The van der Waals surface area contributed by atoms with E-state index in [-0.39, 0.29) is 11.2 Å². The molecule has 1 aromatic carbocycles. The zero-order valence-corrected chi connectivity index (χ0v) is 15.5. The number of hydrogen-bond acceptors (Lipinski definition) is 2.